The molecule has 3 heteroatoms. The molecule has 0 aliphatic heterocycles. The molecule has 2 nitrogen and oxygen atoms in total. The summed E-state index contributed by atoms with van der Waals surface area (Å²) in [6, 6.07) is 10.1. The summed E-state index contributed by atoms with van der Waals surface area (Å²) in [4.78, 5) is 4.56. The maximum Gasteiger partial charge on any atom is 0.219 e. The fraction of sp³-hybridized carbons (Fsp3) is 0.353. The number of aryl methyl sites for hydroxylation is 2. The SMILES string of the molecule is Cc1ccc(Oc2cc(CCl)cc(C(C)C)n2)c(C)c1. The zero-order valence-corrected chi connectivity index (χ0v) is 13.2. The lowest BCUT2D eigenvalue weighted by Gasteiger charge is -2.12. The van der Waals surface area contributed by atoms with E-state index in [0.717, 1.165) is 22.6 Å². The van der Waals surface area contributed by atoms with Crippen molar-refractivity contribution in [3.8, 4) is 11.6 Å². The van der Waals surface area contributed by atoms with Crippen molar-refractivity contribution in [2.75, 3.05) is 0 Å². The molecule has 0 radical (unpaired) electrons. The van der Waals surface area contributed by atoms with E-state index in [1.807, 2.05) is 31.2 Å². The monoisotopic (exact) mass is 289 g/mol. The maximum absolute atomic E-state index is 5.95. The van der Waals surface area contributed by atoms with E-state index in [4.69, 9.17) is 16.3 Å². The maximum atomic E-state index is 5.95. The van der Waals surface area contributed by atoms with Crippen LogP contribution in [0.25, 0.3) is 0 Å². The predicted octanol–water partition coefficient (Wildman–Crippen LogP) is 5.35. The number of alkyl halides is 1. The minimum atomic E-state index is 0.347. The van der Waals surface area contributed by atoms with E-state index in [9.17, 15) is 0 Å². The van der Waals surface area contributed by atoms with Gasteiger partial charge in [-0.15, -0.1) is 11.6 Å². The first kappa shape index (κ1) is 14.9. The molecule has 0 saturated carbocycles. The van der Waals surface area contributed by atoms with Crippen LogP contribution in [0.15, 0.2) is 30.3 Å². The van der Waals surface area contributed by atoms with Gasteiger partial charge < -0.3 is 4.74 Å². The first-order valence-electron chi connectivity index (χ1n) is 6.81. The van der Waals surface area contributed by atoms with Gasteiger partial charge in [-0.3, -0.25) is 0 Å². The highest BCUT2D eigenvalue weighted by molar-refractivity contribution is 6.17. The Morgan fingerprint density at radius 3 is 2.50 bits per heavy atom. The summed E-state index contributed by atoms with van der Waals surface area (Å²) < 4.78 is 5.93. The highest BCUT2D eigenvalue weighted by Crippen LogP contribution is 2.27. The van der Waals surface area contributed by atoms with Crippen LogP contribution in [0.1, 0.15) is 42.1 Å². The second kappa shape index (κ2) is 6.27. The fourth-order valence-corrected chi connectivity index (χ4v) is 2.19. The molecule has 0 spiro atoms. The molecular formula is C17H20ClNO. The van der Waals surface area contributed by atoms with E-state index in [1.54, 1.807) is 0 Å². The number of ether oxygens (including phenoxy) is 1. The molecule has 1 heterocycles. The van der Waals surface area contributed by atoms with Gasteiger partial charge in [0.1, 0.15) is 5.75 Å². The third kappa shape index (κ3) is 3.51. The highest BCUT2D eigenvalue weighted by Gasteiger charge is 2.09. The van der Waals surface area contributed by atoms with Gasteiger partial charge in [0.15, 0.2) is 0 Å². The summed E-state index contributed by atoms with van der Waals surface area (Å²) in [6.07, 6.45) is 0. The average molecular weight is 290 g/mol. The van der Waals surface area contributed by atoms with E-state index >= 15 is 0 Å². The summed E-state index contributed by atoms with van der Waals surface area (Å²) in [6.45, 7) is 8.33. The van der Waals surface area contributed by atoms with Crippen molar-refractivity contribution in [2.24, 2.45) is 0 Å². The quantitative estimate of drug-likeness (QED) is 0.708. The number of hydrogen-bond acceptors (Lipinski definition) is 2. The largest absolute Gasteiger partial charge is 0.439 e. The standard InChI is InChI=1S/C17H20ClNO/c1-11(2)15-8-14(10-18)9-17(19-15)20-16-6-5-12(3)7-13(16)4/h5-9,11H,10H2,1-4H3. The van der Waals surface area contributed by atoms with Crippen molar-refractivity contribution in [2.45, 2.75) is 39.5 Å². The molecule has 0 unspecified atom stereocenters. The summed E-state index contributed by atoms with van der Waals surface area (Å²) >= 11 is 5.95. The minimum Gasteiger partial charge on any atom is -0.439 e. The molecule has 0 fully saturated rings. The van der Waals surface area contributed by atoms with Crippen LogP contribution in [-0.2, 0) is 5.88 Å². The molecule has 0 atom stereocenters. The molecule has 2 aromatic rings. The number of hydrogen-bond donors (Lipinski definition) is 0. The molecular weight excluding hydrogens is 270 g/mol. The van der Waals surface area contributed by atoms with Gasteiger partial charge in [-0.25, -0.2) is 4.98 Å². The molecule has 0 aliphatic rings. The second-order valence-electron chi connectivity index (χ2n) is 5.40. The van der Waals surface area contributed by atoms with Gasteiger partial charge in [-0.1, -0.05) is 31.5 Å². The van der Waals surface area contributed by atoms with Crippen LogP contribution in [0.5, 0.6) is 11.6 Å². The van der Waals surface area contributed by atoms with Gasteiger partial charge in [0.25, 0.3) is 0 Å². The molecule has 0 aliphatic carbocycles. The Morgan fingerprint density at radius 2 is 1.90 bits per heavy atom. The zero-order chi connectivity index (χ0) is 14.7. The number of rotatable bonds is 4. The van der Waals surface area contributed by atoms with Gasteiger partial charge in [-0.2, -0.15) is 0 Å². The van der Waals surface area contributed by atoms with Crippen LogP contribution >= 0.6 is 11.6 Å². The van der Waals surface area contributed by atoms with Crippen LogP contribution in [0.3, 0.4) is 0 Å². The first-order valence-corrected chi connectivity index (χ1v) is 7.35. The Hall–Kier alpha value is -1.54. The lowest BCUT2D eigenvalue weighted by atomic mass is 10.1. The summed E-state index contributed by atoms with van der Waals surface area (Å²) in [5, 5.41) is 0. The third-order valence-corrected chi connectivity index (χ3v) is 3.48. The molecule has 0 amide bonds. The Kier molecular flexibility index (Phi) is 4.66. The number of nitrogens with zero attached hydrogens (tertiary/aromatic N) is 1. The smallest absolute Gasteiger partial charge is 0.219 e. The number of halogens is 1. The van der Waals surface area contributed by atoms with Crippen molar-refractivity contribution >= 4 is 11.6 Å². The molecule has 1 aromatic carbocycles. The average Bonchev–Trinajstić information content (AvgIpc) is 2.41. The van der Waals surface area contributed by atoms with E-state index in [2.05, 4.69) is 31.8 Å². The lowest BCUT2D eigenvalue weighted by molar-refractivity contribution is 0.455. The van der Waals surface area contributed by atoms with E-state index in [1.165, 1.54) is 5.56 Å². The molecule has 106 valence electrons. The van der Waals surface area contributed by atoms with Gasteiger partial charge in [-0.05, 0) is 43.0 Å². The van der Waals surface area contributed by atoms with Crippen LogP contribution in [0.4, 0.5) is 0 Å². The molecule has 2 rings (SSSR count). The first-order chi connectivity index (χ1) is 9.49. The van der Waals surface area contributed by atoms with E-state index < -0.39 is 0 Å². The Balaban J connectivity index is 2.34. The summed E-state index contributed by atoms with van der Waals surface area (Å²) in [7, 11) is 0. The van der Waals surface area contributed by atoms with E-state index in [0.29, 0.717) is 17.7 Å². The van der Waals surface area contributed by atoms with Crippen molar-refractivity contribution in [1.82, 2.24) is 4.98 Å². The van der Waals surface area contributed by atoms with Gasteiger partial charge in [0, 0.05) is 17.6 Å². The zero-order valence-electron chi connectivity index (χ0n) is 12.4. The Labute approximate surface area is 125 Å². The van der Waals surface area contributed by atoms with E-state index in [-0.39, 0.29) is 0 Å². The lowest BCUT2D eigenvalue weighted by Crippen LogP contribution is -1.98. The normalized spacial score (nSPS) is 10.9. The summed E-state index contributed by atoms with van der Waals surface area (Å²) in [5.74, 6) is 2.26. The topological polar surface area (TPSA) is 22.1 Å². The minimum absolute atomic E-state index is 0.347. The molecule has 0 N–H and O–H groups in total. The van der Waals surface area contributed by atoms with Gasteiger partial charge >= 0.3 is 0 Å². The molecule has 1 aromatic heterocycles. The molecule has 0 saturated heterocycles. The predicted molar refractivity (Wildman–Crippen MR) is 83.9 cm³/mol. The summed E-state index contributed by atoms with van der Waals surface area (Å²) in [5.41, 5.74) is 4.36. The highest BCUT2D eigenvalue weighted by atomic mass is 35.5. The van der Waals surface area contributed by atoms with Crippen LogP contribution in [0.2, 0.25) is 0 Å². The van der Waals surface area contributed by atoms with Crippen LogP contribution < -0.4 is 4.74 Å². The van der Waals surface area contributed by atoms with Crippen LogP contribution in [0, 0.1) is 13.8 Å². The van der Waals surface area contributed by atoms with Gasteiger partial charge in [0.05, 0.1) is 0 Å². The Bertz CT molecular complexity index is 608. The fourth-order valence-electron chi connectivity index (χ4n) is 2.03. The second-order valence-corrected chi connectivity index (χ2v) is 5.67. The Morgan fingerprint density at radius 1 is 1.15 bits per heavy atom. The van der Waals surface area contributed by atoms with Crippen molar-refractivity contribution in [3.63, 3.8) is 0 Å². The van der Waals surface area contributed by atoms with Crippen molar-refractivity contribution in [3.05, 3.63) is 52.7 Å². The molecule has 20 heavy (non-hydrogen) atoms. The van der Waals surface area contributed by atoms with Crippen LogP contribution in [-0.4, -0.2) is 4.98 Å². The third-order valence-electron chi connectivity index (χ3n) is 3.17. The van der Waals surface area contributed by atoms with Crippen molar-refractivity contribution < 1.29 is 4.74 Å². The van der Waals surface area contributed by atoms with Gasteiger partial charge in [0.2, 0.25) is 5.88 Å². The van der Waals surface area contributed by atoms with Crippen molar-refractivity contribution in [1.29, 1.82) is 0 Å². The molecule has 0 bridgehead atoms. The number of aromatic nitrogens is 1. The number of pyridine rings is 1. The number of benzene rings is 1.